The second kappa shape index (κ2) is 13.1. The van der Waals surface area contributed by atoms with Crippen molar-refractivity contribution in [3.63, 3.8) is 0 Å². The second-order valence-electron chi connectivity index (χ2n) is 7.46. The van der Waals surface area contributed by atoms with E-state index in [-0.39, 0.29) is 11.8 Å². The normalized spacial score (nSPS) is 14.6. The van der Waals surface area contributed by atoms with E-state index in [1.165, 1.54) is 0 Å². The Balaban J connectivity index is 1.55. The number of hydrogen-bond acceptors (Lipinski definition) is 6. The molecule has 1 aliphatic heterocycles. The molecule has 1 aromatic rings. The Morgan fingerprint density at radius 3 is 2.31 bits per heavy atom. The summed E-state index contributed by atoms with van der Waals surface area (Å²) >= 11 is 0. The highest BCUT2D eigenvalue weighted by molar-refractivity contribution is 5.78. The van der Waals surface area contributed by atoms with E-state index in [9.17, 15) is 9.59 Å². The van der Waals surface area contributed by atoms with E-state index in [1.54, 1.807) is 12.4 Å². The van der Waals surface area contributed by atoms with Crippen molar-refractivity contribution in [1.29, 1.82) is 0 Å². The van der Waals surface area contributed by atoms with Gasteiger partial charge in [0.05, 0.1) is 0 Å². The summed E-state index contributed by atoms with van der Waals surface area (Å²) in [5, 5.41) is 2.98. The molecule has 1 fully saturated rings. The standard InChI is InChI=1S/C21H36N6O2/c1-3-12-26(13-4-2)20(29)8-5-7-19(28)22-11-14-25-15-17-27(18-16-25)21-23-9-6-10-24-21/h6,9-10H,3-5,7-8,11-18H2,1-2H3,(H,22,28). The number of rotatable bonds is 12. The van der Waals surface area contributed by atoms with Gasteiger partial charge in [0.15, 0.2) is 0 Å². The van der Waals surface area contributed by atoms with Crippen LogP contribution in [0.2, 0.25) is 0 Å². The summed E-state index contributed by atoms with van der Waals surface area (Å²) in [5.74, 6) is 0.986. The smallest absolute Gasteiger partial charge is 0.225 e. The van der Waals surface area contributed by atoms with Gasteiger partial charge in [-0.1, -0.05) is 13.8 Å². The molecule has 2 amide bonds. The number of amides is 2. The molecule has 8 heteroatoms. The van der Waals surface area contributed by atoms with Gasteiger partial charge in [0.25, 0.3) is 0 Å². The second-order valence-corrected chi connectivity index (χ2v) is 7.46. The zero-order valence-electron chi connectivity index (χ0n) is 18.0. The molecule has 0 spiro atoms. The zero-order valence-corrected chi connectivity index (χ0v) is 18.0. The lowest BCUT2D eigenvalue weighted by Gasteiger charge is -2.34. The van der Waals surface area contributed by atoms with Crippen molar-refractivity contribution in [3.8, 4) is 0 Å². The Hall–Kier alpha value is -2.22. The first-order valence-electron chi connectivity index (χ1n) is 10.9. The number of anilines is 1. The summed E-state index contributed by atoms with van der Waals surface area (Å²) in [5.41, 5.74) is 0. The van der Waals surface area contributed by atoms with Gasteiger partial charge in [-0.3, -0.25) is 14.5 Å². The van der Waals surface area contributed by atoms with Gasteiger partial charge in [0.1, 0.15) is 0 Å². The predicted octanol–water partition coefficient (Wildman–Crippen LogP) is 1.53. The fraction of sp³-hybridized carbons (Fsp3) is 0.714. The van der Waals surface area contributed by atoms with Crippen molar-refractivity contribution >= 4 is 17.8 Å². The van der Waals surface area contributed by atoms with Gasteiger partial charge in [0, 0.05) is 77.6 Å². The molecule has 2 rings (SSSR count). The van der Waals surface area contributed by atoms with Crippen LogP contribution in [0, 0.1) is 0 Å². The molecule has 0 aromatic carbocycles. The van der Waals surface area contributed by atoms with Gasteiger partial charge in [-0.25, -0.2) is 9.97 Å². The molecular weight excluding hydrogens is 368 g/mol. The Kier molecular flexibility index (Phi) is 10.4. The summed E-state index contributed by atoms with van der Waals surface area (Å²) in [6, 6.07) is 1.82. The lowest BCUT2D eigenvalue weighted by molar-refractivity contribution is -0.131. The van der Waals surface area contributed by atoms with Gasteiger partial charge in [-0.15, -0.1) is 0 Å². The molecule has 0 aliphatic carbocycles. The average Bonchev–Trinajstić information content (AvgIpc) is 2.74. The van der Waals surface area contributed by atoms with Crippen molar-refractivity contribution in [2.24, 2.45) is 0 Å². The first-order chi connectivity index (χ1) is 14.1. The summed E-state index contributed by atoms with van der Waals surface area (Å²) in [6.45, 7) is 10.9. The molecule has 162 valence electrons. The van der Waals surface area contributed by atoms with Crippen LogP contribution >= 0.6 is 0 Å². The third-order valence-corrected chi connectivity index (χ3v) is 5.09. The van der Waals surface area contributed by atoms with Gasteiger partial charge in [-0.2, -0.15) is 0 Å². The van der Waals surface area contributed by atoms with Crippen LogP contribution in [0.4, 0.5) is 5.95 Å². The summed E-state index contributed by atoms with van der Waals surface area (Å²) < 4.78 is 0. The van der Waals surface area contributed by atoms with Crippen LogP contribution in [0.1, 0.15) is 46.0 Å². The number of aromatic nitrogens is 2. The van der Waals surface area contributed by atoms with Crippen LogP contribution in [0.15, 0.2) is 18.5 Å². The number of nitrogens with one attached hydrogen (secondary N) is 1. The maximum Gasteiger partial charge on any atom is 0.225 e. The van der Waals surface area contributed by atoms with Crippen molar-refractivity contribution < 1.29 is 9.59 Å². The zero-order chi connectivity index (χ0) is 20.9. The molecular formula is C21H36N6O2. The molecule has 2 heterocycles. The van der Waals surface area contributed by atoms with Crippen LogP contribution in [0.5, 0.6) is 0 Å². The van der Waals surface area contributed by atoms with E-state index in [2.05, 4.69) is 38.9 Å². The lowest BCUT2D eigenvalue weighted by atomic mass is 10.2. The van der Waals surface area contributed by atoms with Crippen LogP contribution in [0.3, 0.4) is 0 Å². The van der Waals surface area contributed by atoms with Gasteiger partial charge in [-0.05, 0) is 25.3 Å². The quantitative estimate of drug-likeness (QED) is 0.569. The van der Waals surface area contributed by atoms with E-state index in [0.717, 1.165) is 64.6 Å². The third kappa shape index (κ3) is 8.35. The minimum Gasteiger partial charge on any atom is -0.355 e. The molecule has 29 heavy (non-hydrogen) atoms. The minimum absolute atomic E-state index is 0.0339. The van der Waals surface area contributed by atoms with E-state index in [1.807, 2.05) is 11.0 Å². The van der Waals surface area contributed by atoms with Gasteiger partial charge in [0.2, 0.25) is 17.8 Å². The number of hydrogen-bond donors (Lipinski definition) is 1. The number of carbonyl (C=O) groups is 2. The van der Waals surface area contributed by atoms with Crippen LogP contribution in [-0.2, 0) is 9.59 Å². The van der Waals surface area contributed by atoms with Crippen molar-refractivity contribution in [3.05, 3.63) is 18.5 Å². The predicted molar refractivity (Wildman–Crippen MR) is 115 cm³/mol. The summed E-state index contributed by atoms with van der Waals surface area (Å²) in [6.07, 6.45) is 6.96. The topological polar surface area (TPSA) is 81.7 Å². The lowest BCUT2D eigenvalue weighted by Crippen LogP contribution is -2.49. The first-order valence-corrected chi connectivity index (χ1v) is 10.9. The van der Waals surface area contributed by atoms with E-state index < -0.39 is 0 Å². The maximum atomic E-state index is 12.2. The monoisotopic (exact) mass is 404 g/mol. The molecule has 1 N–H and O–H groups in total. The fourth-order valence-corrected chi connectivity index (χ4v) is 3.53. The van der Waals surface area contributed by atoms with Crippen LogP contribution in [-0.4, -0.2) is 83.9 Å². The molecule has 0 saturated carbocycles. The van der Waals surface area contributed by atoms with E-state index >= 15 is 0 Å². The molecule has 1 aliphatic rings. The van der Waals surface area contributed by atoms with E-state index in [0.29, 0.717) is 25.8 Å². The summed E-state index contributed by atoms with van der Waals surface area (Å²) in [4.78, 5) is 39.3. The largest absolute Gasteiger partial charge is 0.355 e. The molecule has 0 bridgehead atoms. The van der Waals surface area contributed by atoms with Gasteiger partial charge >= 0.3 is 0 Å². The van der Waals surface area contributed by atoms with Crippen molar-refractivity contribution in [1.82, 2.24) is 25.1 Å². The highest BCUT2D eigenvalue weighted by Crippen LogP contribution is 2.09. The maximum absolute atomic E-state index is 12.2. The Morgan fingerprint density at radius 1 is 1.03 bits per heavy atom. The first kappa shape index (κ1) is 23.1. The fourth-order valence-electron chi connectivity index (χ4n) is 3.53. The Morgan fingerprint density at radius 2 is 1.69 bits per heavy atom. The molecule has 0 unspecified atom stereocenters. The SMILES string of the molecule is CCCN(CCC)C(=O)CCCC(=O)NCCN1CCN(c2ncccn2)CC1. The molecule has 8 nitrogen and oxygen atoms in total. The van der Waals surface area contributed by atoms with Crippen LogP contribution in [0.25, 0.3) is 0 Å². The summed E-state index contributed by atoms with van der Waals surface area (Å²) in [7, 11) is 0. The minimum atomic E-state index is 0.0339. The number of nitrogens with zero attached hydrogens (tertiary/aromatic N) is 5. The van der Waals surface area contributed by atoms with E-state index in [4.69, 9.17) is 0 Å². The molecule has 1 aromatic heterocycles. The Labute approximate surface area is 174 Å². The highest BCUT2D eigenvalue weighted by Gasteiger charge is 2.18. The average molecular weight is 405 g/mol. The number of carbonyl (C=O) groups excluding carboxylic acids is 2. The Bertz CT molecular complexity index is 598. The number of piperazine rings is 1. The molecule has 1 saturated heterocycles. The van der Waals surface area contributed by atoms with Crippen LogP contribution < -0.4 is 10.2 Å². The van der Waals surface area contributed by atoms with Crippen molar-refractivity contribution in [2.45, 2.75) is 46.0 Å². The molecule has 0 radical (unpaired) electrons. The van der Waals surface area contributed by atoms with Gasteiger partial charge < -0.3 is 15.1 Å². The third-order valence-electron chi connectivity index (χ3n) is 5.09. The van der Waals surface area contributed by atoms with Crippen molar-refractivity contribution in [2.75, 3.05) is 57.3 Å². The highest BCUT2D eigenvalue weighted by atomic mass is 16.2. The molecule has 0 atom stereocenters.